The van der Waals surface area contributed by atoms with E-state index in [1.54, 1.807) is 6.92 Å². The average Bonchev–Trinajstić information content (AvgIpc) is 2.94. The Balaban J connectivity index is 1.73. The molecule has 126 valence electrons. The van der Waals surface area contributed by atoms with Crippen molar-refractivity contribution in [1.29, 1.82) is 0 Å². The third kappa shape index (κ3) is 2.20. The van der Waals surface area contributed by atoms with Gasteiger partial charge in [0.2, 0.25) is 0 Å². The highest BCUT2D eigenvalue weighted by atomic mass is 16.6. The predicted molar refractivity (Wildman–Crippen MR) is 88.3 cm³/mol. The Bertz CT molecular complexity index is 457. The van der Waals surface area contributed by atoms with Crippen LogP contribution >= 0.6 is 0 Å². The maximum absolute atomic E-state index is 9.88. The summed E-state index contributed by atoms with van der Waals surface area (Å²) in [5, 5.41) is 9.88. The number of hydrogen-bond acceptors (Lipinski definition) is 2. The SMILES string of the molecule is CC(O)OC12CCC(C1)C1(C)CC(C)(C)CC3C(CCC31)C2. The topological polar surface area (TPSA) is 29.5 Å². The number of aliphatic hydroxyl groups excluding tert-OH is 1. The number of ether oxygens (including phenoxy) is 1. The van der Waals surface area contributed by atoms with Crippen LogP contribution in [0.15, 0.2) is 0 Å². The minimum absolute atomic E-state index is 0.0141. The first-order valence-electron chi connectivity index (χ1n) is 9.59. The van der Waals surface area contributed by atoms with Crippen molar-refractivity contribution in [2.24, 2.45) is 34.5 Å². The lowest BCUT2D eigenvalue weighted by atomic mass is 9.50. The molecule has 22 heavy (non-hydrogen) atoms. The fourth-order valence-corrected chi connectivity index (χ4v) is 7.68. The van der Waals surface area contributed by atoms with Gasteiger partial charge >= 0.3 is 0 Å². The Labute approximate surface area is 136 Å². The summed E-state index contributed by atoms with van der Waals surface area (Å²) in [4.78, 5) is 0. The maximum Gasteiger partial charge on any atom is 0.152 e. The van der Waals surface area contributed by atoms with Gasteiger partial charge in [0.05, 0.1) is 5.60 Å². The van der Waals surface area contributed by atoms with Gasteiger partial charge in [-0.25, -0.2) is 0 Å². The van der Waals surface area contributed by atoms with Gasteiger partial charge in [-0.2, -0.15) is 0 Å². The third-order valence-corrected chi connectivity index (χ3v) is 8.02. The molecular formula is C20H34O2. The summed E-state index contributed by atoms with van der Waals surface area (Å²) < 4.78 is 6.17. The Morgan fingerprint density at radius 3 is 2.55 bits per heavy atom. The van der Waals surface area contributed by atoms with Gasteiger partial charge < -0.3 is 9.84 Å². The molecule has 0 radical (unpaired) electrons. The van der Waals surface area contributed by atoms with Crippen molar-refractivity contribution >= 4 is 0 Å². The molecule has 4 rings (SSSR count). The van der Waals surface area contributed by atoms with Crippen LogP contribution in [-0.2, 0) is 4.74 Å². The molecular weight excluding hydrogens is 272 g/mol. The summed E-state index contributed by atoms with van der Waals surface area (Å²) >= 11 is 0. The molecule has 0 saturated heterocycles. The van der Waals surface area contributed by atoms with Crippen molar-refractivity contribution in [3.05, 3.63) is 0 Å². The van der Waals surface area contributed by atoms with Crippen LogP contribution < -0.4 is 0 Å². The van der Waals surface area contributed by atoms with Gasteiger partial charge in [0.15, 0.2) is 6.29 Å². The quantitative estimate of drug-likeness (QED) is 0.746. The van der Waals surface area contributed by atoms with Crippen molar-refractivity contribution < 1.29 is 9.84 Å². The van der Waals surface area contributed by atoms with Gasteiger partial charge in [-0.1, -0.05) is 20.8 Å². The third-order valence-electron chi connectivity index (χ3n) is 8.02. The smallest absolute Gasteiger partial charge is 0.152 e. The van der Waals surface area contributed by atoms with Crippen LogP contribution in [0, 0.1) is 34.5 Å². The van der Waals surface area contributed by atoms with Crippen LogP contribution in [-0.4, -0.2) is 17.0 Å². The number of hydrogen-bond donors (Lipinski definition) is 1. The molecule has 6 bridgehead atoms. The Morgan fingerprint density at radius 2 is 1.82 bits per heavy atom. The van der Waals surface area contributed by atoms with E-state index in [2.05, 4.69) is 20.8 Å². The molecule has 0 aromatic heterocycles. The lowest BCUT2D eigenvalue weighted by Crippen LogP contribution is -2.49. The summed E-state index contributed by atoms with van der Waals surface area (Å²) in [5.41, 5.74) is 0.997. The van der Waals surface area contributed by atoms with E-state index in [0.29, 0.717) is 10.8 Å². The summed E-state index contributed by atoms with van der Waals surface area (Å²) in [6.07, 6.45) is 9.94. The normalized spacial score (nSPS) is 53.9. The predicted octanol–water partition coefficient (Wildman–Crippen LogP) is 4.75. The van der Waals surface area contributed by atoms with Crippen LogP contribution in [0.1, 0.15) is 79.1 Å². The molecule has 0 aliphatic heterocycles. The second kappa shape index (κ2) is 4.72. The van der Waals surface area contributed by atoms with Crippen LogP contribution in [0.25, 0.3) is 0 Å². The number of aliphatic hydroxyl groups is 1. The molecule has 2 heteroatoms. The zero-order chi connectivity index (χ0) is 15.8. The van der Waals surface area contributed by atoms with E-state index in [4.69, 9.17) is 4.74 Å². The van der Waals surface area contributed by atoms with E-state index in [-0.39, 0.29) is 5.60 Å². The molecule has 1 N–H and O–H groups in total. The van der Waals surface area contributed by atoms with Gasteiger partial charge in [-0.3, -0.25) is 0 Å². The zero-order valence-electron chi connectivity index (χ0n) is 14.9. The highest BCUT2D eigenvalue weighted by Gasteiger charge is 2.61. The van der Waals surface area contributed by atoms with E-state index in [1.165, 1.54) is 51.4 Å². The molecule has 0 amide bonds. The molecule has 4 fully saturated rings. The molecule has 4 aliphatic carbocycles. The van der Waals surface area contributed by atoms with Gasteiger partial charge in [0.1, 0.15) is 0 Å². The van der Waals surface area contributed by atoms with E-state index in [1.807, 2.05) is 0 Å². The number of rotatable bonds is 2. The molecule has 4 aliphatic rings. The Kier molecular flexibility index (Phi) is 3.32. The van der Waals surface area contributed by atoms with Crippen molar-refractivity contribution in [3.8, 4) is 0 Å². The largest absolute Gasteiger partial charge is 0.368 e. The summed E-state index contributed by atoms with van der Waals surface area (Å²) in [6.45, 7) is 9.42. The van der Waals surface area contributed by atoms with Gasteiger partial charge in [0, 0.05) is 0 Å². The molecule has 7 unspecified atom stereocenters. The molecule has 0 aromatic rings. The first kappa shape index (κ1) is 15.4. The van der Waals surface area contributed by atoms with Crippen molar-refractivity contribution in [2.75, 3.05) is 0 Å². The monoisotopic (exact) mass is 306 g/mol. The standard InChI is InChI=1S/C20H34O2/c1-13(21)22-20-8-7-15(10-20)19(4)12-18(2,3)11-16-14(9-20)5-6-17(16)19/h13-17,21H,5-12H2,1-4H3. The van der Waals surface area contributed by atoms with Crippen molar-refractivity contribution in [2.45, 2.75) is 91.0 Å². The minimum atomic E-state index is -0.612. The number of fused-ring (bicyclic) bond motifs is 3. The first-order valence-corrected chi connectivity index (χ1v) is 9.59. The fraction of sp³-hybridized carbons (Fsp3) is 1.00. The minimum Gasteiger partial charge on any atom is -0.368 e. The lowest BCUT2D eigenvalue weighted by molar-refractivity contribution is -0.192. The average molecular weight is 306 g/mol. The molecule has 0 aromatic carbocycles. The maximum atomic E-state index is 9.88. The first-order chi connectivity index (χ1) is 10.2. The van der Waals surface area contributed by atoms with E-state index < -0.39 is 6.29 Å². The summed E-state index contributed by atoms with van der Waals surface area (Å²) in [5.74, 6) is 3.50. The second-order valence-electron chi connectivity index (χ2n) is 10.2. The fourth-order valence-electron chi connectivity index (χ4n) is 7.68. The zero-order valence-corrected chi connectivity index (χ0v) is 14.9. The summed E-state index contributed by atoms with van der Waals surface area (Å²) in [6, 6.07) is 0. The lowest BCUT2D eigenvalue weighted by Gasteiger charge is -2.56. The van der Waals surface area contributed by atoms with Gasteiger partial charge in [-0.15, -0.1) is 0 Å². The Hall–Kier alpha value is -0.0800. The molecule has 2 nitrogen and oxygen atoms in total. The van der Waals surface area contributed by atoms with Crippen molar-refractivity contribution in [3.63, 3.8) is 0 Å². The highest BCUT2D eigenvalue weighted by Crippen LogP contribution is 2.68. The molecule has 0 heterocycles. The molecule has 7 atom stereocenters. The van der Waals surface area contributed by atoms with Gasteiger partial charge in [-0.05, 0) is 92.8 Å². The highest BCUT2D eigenvalue weighted by molar-refractivity contribution is 5.11. The molecule has 0 spiro atoms. The van der Waals surface area contributed by atoms with Crippen LogP contribution in [0.4, 0.5) is 0 Å². The molecule has 4 saturated carbocycles. The Morgan fingerprint density at radius 1 is 1.05 bits per heavy atom. The van der Waals surface area contributed by atoms with E-state index >= 15 is 0 Å². The van der Waals surface area contributed by atoms with Gasteiger partial charge in [0.25, 0.3) is 0 Å². The van der Waals surface area contributed by atoms with Crippen LogP contribution in [0.2, 0.25) is 0 Å². The second-order valence-corrected chi connectivity index (χ2v) is 10.2. The van der Waals surface area contributed by atoms with Crippen LogP contribution in [0.5, 0.6) is 0 Å². The summed E-state index contributed by atoms with van der Waals surface area (Å²) in [7, 11) is 0. The van der Waals surface area contributed by atoms with E-state index in [9.17, 15) is 5.11 Å². The van der Waals surface area contributed by atoms with Crippen LogP contribution in [0.3, 0.4) is 0 Å². The van der Waals surface area contributed by atoms with E-state index in [0.717, 1.165) is 23.7 Å². The van der Waals surface area contributed by atoms with Crippen molar-refractivity contribution in [1.82, 2.24) is 0 Å².